The number of carbonyl (C=O) groups excluding carboxylic acids is 1. The van der Waals surface area contributed by atoms with Crippen molar-refractivity contribution in [2.24, 2.45) is 12.8 Å². The lowest BCUT2D eigenvalue weighted by Crippen LogP contribution is -2.37. The van der Waals surface area contributed by atoms with Crippen molar-refractivity contribution in [1.82, 2.24) is 25.2 Å². The van der Waals surface area contributed by atoms with E-state index in [0.717, 1.165) is 28.8 Å². The first kappa shape index (κ1) is 15.9. The number of amides is 1. The molecule has 0 bridgehead atoms. The summed E-state index contributed by atoms with van der Waals surface area (Å²) in [7, 11) is 1.78. The zero-order valence-electron chi connectivity index (χ0n) is 14.6. The van der Waals surface area contributed by atoms with Crippen molar-refractivity contribution in [2.75, 3.05) is 11.4 Å². The van der Waals surface area contributed by atoms with E-state index in [-0.39, 0.29) is 18.2 Å². The molecule has 1 saturated heterocycles. The molecule has 0 saturated carbocycles. The highest BCUT2D eigenvalue weighted by atomic mass is 16.6. The van der Waals surface area contributed by atoms with Crippen LogP contribution in [0.5, 0.6) is 0 Å². The third-order valence-electron chi connectivity index (χ3n) is 5.16. The zero-order chi connectivity index (χ0) is 18.5. The number of nitrogens with two attached hydrogens (primary N) is 1. The molecule has 2 atom stereocenters. The summed E-state index contributed by atoms with van der Waals surface area (Å²) < 4.78 is 6.92. The lowest BCUT2D eigenvalue weighted by molar-refractivity contribution is 0.135. The molecule has 9 heteroatoms. The van der Waals surface area contributed by atoms with Gasteiger partial charge in [0.15, 0.2) is 5.82 Å². The second kappa shape index (κ2) is 5.85. The van der Waals surface area contributed by atoms with Gasteiger partial charge in [-0.05, 0) is 46.2 Å². The highest BCUT2D eigenvalue weighted by Gasteiger charge is 2.46. The Morgan fingerprint density at radius 1 is 1.26 bits per heavy atom. The van der Waals surface area contributed by atoms with Gasteiger partial charge in [0.2, 0.25) is 0 Å². The third-order valence-corrected chi connectivity index (χ3v) is 5.16. The number of ether oxygens (including phenoxy) is 1. The Kier molecular flexibility index (Phi) is 3.44. The number of hydrogen-bond acceptors (Lipinski definition) is 7. The molecular weight excluding hydrogens is 346 g/mol. The summed E-state index contributed by atoms with van der Waals surface area (Å²) in [6, 6.07) is 9.93. The molecule has 3 aromatic rings. The average molecular weight is 363 g/mol. The summed E-state index contributed by atoms with van der Waals surface area (Å²) in [5.74, 6) is 0.613. The molecule has 1 fully saturated rings. The van der Waals surface area contributed by atoms with Crippen molar-refractivity contribution in [1.29, 1.82) is 0 Å². The number of anilines is 1. The van der Waals surface area contributed by atoms with E-state index in [2.05, 4.69) is 26.6 Å². The van der Waals surface area contributed by atoms with Gasteiger partial charge in [-0.15, -0.1) is 5.10 Å². The van der Waals surface area contributed by atoms with Crippen LogP contribution in [0.15, 0.2) is 36.5 Å². The quantitative estimate of drug-likeness (QED) is 0.743. The highest BCUT2D eigenvalue weighted by Crippen LogP contribution is 2.40. The van der Waals surface area contributed by atoms with Gasteiger partial charge in [-0.3, -0.25) is 9.88 Å². The van der Waals surface area contributed by atoms with Gasteiger partial charge in [0, 0.05) is 25.4 Å². The summed E-state index contributed by atoms with van der Waals surface area (Å²) in [5, 5.41) is 11.4. The van der Waals surface area contributed by atoms with E-state index in [1.54, 1.807) is 22.8 Å². The van der Waals surface area contributed by atoms with Crippen molar-refractivity contribution in [2.45, 2.75) is 18.6 Å². The van der Waals surface area contributed by atoms with Crippen LogP contribution in [0.3, 0.4) is 0 Å². The lowest BCUT2D eigenvalue weighted by Gasteiger charge is -2.14. The van der Waals surface area contributed by atoms with E-state index in [1.165, 1.54) is 0 Å². The van der Waals surface area contributed by atoms with Crippen LogP contribution < -0.4 is 10.6 Å². The molecule has 2 aliphatic heterocycles. The third kappa shape index (κ3) is 2.39. The van der Waals surface area contributed by atoms with Crippen LogP contribution in [-0.4, -0.2) is 50.0 Å². The molecular formula is C18H17N7O2. The molecule has 2 aromatic heterocycles. The van der Waals surface area contributed by atoms with Crippen molar-refractivity contribution in [3.8, 4) is 22.6 Å². The largest absolute Gasteiger partial charge is 0.442 e. The maximum Gasteiger partial charge on any atom is 0.415 e. The minimum atomic E-state index is -0.315. The van der Waals surface area contributed by atoms with Gasteiger partial charge in [0.05, 0.1) is 11.7 Å². The standard InChI is InChI=1S/C18H17N7O2/c1-24-17(21-22-23-24)13-4-2-11(9-20-13)10-3-5-14-12(6-10)7-15-16(8-19)27-18(26)25(14)15/h2-6,9,15-16H,7-8,19H2,1H3/t15-,16-/m0/s1. The van der Waals surface area contributed by atoms with Gasteiger partial charge < -0.3 is 10.5 Å². The van der Waals surface area contributed by atoms with Gasteiger partial charge in [-0.25, -0.2) is 9.48 Å². The molecule has 2 N–H and O–H groups in total. The number of benzene rings is 1. The predicted molar refractivity (Wildman–Crippen MR) is 96.8 cm³/mol. The Balaban J connectivity index is 1.46. The van der Waals surface area contributed by atoms with Gasteiger partial charge in [0.1, 0.15) is 11.8 Å². The number of fused-ring (bicyclic) bond motifs is 3. The number of carbonyl (C=O) groups is 1. The number of aromatic nitrogens is 5. The topological polar surface area (TPSA) is 112 Å². The molecule has 0 radical (unpaired) electrons. The Morgan fingerprint density at radius 3 is 2.81 bits per heavy atom. The maximum absolute atomic E-state index is 12.1. The van der Waals surface area contributed by atoms with Crippen LogP contribution in [0, 0.1) is 0 Å². The smallest absolute Gasteiger partial charge is 0.415 e. The number of tetrazole rings is 1. The fourth-order valence-electron chi connectivity index (χ4n) is 3.80. The number of cyclic esters (lactones) is 1. The van der Waals surface area contributed by atoms with Crippen molar-refractivity contribution >= 4 is 11.8 Å². The Labute approximate surface area is 154 Å². The number of aryl methyl sites for hydroxylation is 1. The van der Waals surface area contributed by atoms with Crippen molar-refractivity contribution < 1.29 is 9.53 Å². The predicted octanol–water partition coefficient (Wildman–Crippen LogP) is 1.15. The fourth-order valence-corrected chi connectivity index (χ4v) is 3.80. The van der Waals surface area contributed by atoms with Crippen LogP contribution in [0.2, 0.25) is 0 Å². The van der Waals surface area contributed by atoms with Crippen LogP contribution in [0.4, 0.5) is 10.5 Å². The SMILES string of the molecule is Cn1nnnc1-c1ccc(-c2ccc3c(c2)C[C@H]2[C@H](CN)OC(=O)N32)cn1. The van der Waals surface area contributed by atoms with Gasteiger partial charge in [-0.1, -0.05) is 12.1 Å². The Morgan fingerprint density at radius 2 is 2.11 bits per heavy atom. The van der Waals surface area contributed by atoms with E-state index in [1.807, 2.05) is 24.3 Å². The first-order chi connectivity index (χ1) is 13.2. The first-order valence-electron chi connectivity index (χ1n) is 8.67. The Hall–Kier alpha value is -3.33. The number of rotatable bonds is 3. The van der Waals surface area contributed by atoms with Crippen LogP contribution in [0.1, 0.15) is 5.56 Å². The van der Waals surface area contributed by atoms with E-state index in [4.69, 9.17) is 10.5 Å². The minimum Gasteiger partial charge on any atom is -0.442 e. The fraction of sp³-hybridized carbons (Fsp3) is 0.278. The van der Waals surface area contributed by atoms with Gasteiger partial charge in [-0.2, -0.15) is 0 Å². The molecule has 1 aromatic carbocycles. The zero-order valence-corrected chi connectivity index (χ0v) is 14.6. The Bertz CT molecular complexity index is 1030. The first-order valence-corrected chi connectivity index (χ1v) is 8.67. The number of pyridine rings is 1. The van der Waals surface area contributed by atoms with Crippen LogP contribution in [0.25, 0.3) is 22.6 Å². The summed E-state index contributed by atoms with van der Waals surface area (Å²) in [6.45, 7) is 0.329. The normalized spacial score (nSPS) is 20.5. The molecule has 9 nitrogen and oxygen atoms in total. The maximum atomic E-state index is 12.1. The summed E-state index contributed by atoms with van der Waals surface area (Å²) >= 11 is 0. The second-order valence-corrected chi connectivity index (χ2v) is 6.70. The van der Waals surface area contributed by atoms with Crippen molar-refractivity contribution in [3.63, 3.8) is 0 Å². The number of nitrogens with zero attached hydrogens (tertiary/aromatic N) is 6. The lowest BCUT2D eigenvalue weighted by atomic mass is 10.0. The molecule has 0 aliphatic carbocycles. The van der Waals surface area contributed by atoms with E-state index >= 15 is 0 Å². The summed E-state index contributed by atoms with van der Waals surface area (Å²) in [6.07, 6.45) is 1.98. The molecule has 27 heavy (non-hydrogen) atoms. The van der Waals surface area contributed by atoms with Crippen LogP contribution >= 0.6 is 0 Å². The van der Waals surface area contributed by atoms with E-state index < -0.39 is 0 Å². The highest BCUT2D eigenvalue weighted by molar-refractivity contribution is 5.94. The van der Waals surface area contributed by atoms with Crippen molar-refractivity contribution in [3.05, 3.63) is 42.1 Å². The minimum absolute atomic E-state index is 0.0170. The molecule has 4 heterocycles. The molecule has 0 spiro atoms. The van der Waals surface area contributed by atoms with Gasteiger partial charge >= 0.3 is 6.09 Å². The monoisotopic (exact) mass is 363 g/mol. The van der Waals surface area contributed by atoms with Crippen LogP contribution in [-0.2, 0) is 18.2 Å². The number of hydrogen-bond donors (Lipinski definition) is 1. The molecule has 0 unspecified atom stereocenters. The van der Waals surface area contributed by atoms with Gasteiger partial charge in [0.25, 0.3) is 0 Å². The van der Waals surface area contributed by atoms with E-state index in [9.17, 15) is 4.79 Å². The summed E-state index contributed by atoms with van der Waals surface area (Å²) in [4.78, 5) is 18.3. The molecule has 136 valence electrons. The second-order valence-electron chi connectivity index (χ2n) is 6.70. The molecule has 1 amide bonds. The summed E-state index contributed by atoms with van der Waals surface area (Å²) in [5.41, 5.74) is 10.5. The van der Waals surface area contributed by atoms with E-state index in [0.29, 0.717) is 18.1 Å². The average Bonchev–Trinajstić information content (AvgIpc) is 3.36. The molecule has 2 aliphatic rings. The molecule has 5 rings (SSSR count).